The summed E-state index contributed by atoms with van der Waals surface area (Å²) in [4.78, 5) is 12.0. The summed E-state index contributed by atoms with van der Waals surface area (Å²) >= 11 is 5.77. The molecule has 0 heterocycles. The molecule has 3 nitrogen and oxygen atoms in total. The SMILES string of the molecule is COc1cccc(C(=O)NCC2(CCCl)CC2)c1. The van der Waals surface area contributed by atoms with Gasteiger partial charge in [-0.1, -0.05) is 6.07 Å². The summed E-state index contributed by atoms with van der Waals surface area (Å²) in [6, 6.07) is 7.18. The summed E-state index contributed by atoms with van der Waals surface area (Å²) in [5.74, 6) is 1.31. The Morgan fingerprint density at radius 3 is 2.89 bits per heavy atom. The molecule has 0 aromatic heterocycles. The van der Waals surface area contributed by atoms with Crippen molar-refractivity contribution < 1.29 is 9.53 Å². The van der Waals surface area contributed by atoms with E-state index in [0.29, 0.717) is 17.2 Å². The van der Waals surface area contributed by atoms with E-state index in [1.165, 1.54) is 0 Å². The van der Waals surface area contributed by atoms with Crippen LogP contribution in [-0.4, -0.2) is 25.4 Å². The standard InChI is InChI=1S/C14H18ClNO2/c1-18-12-4-2-3-11(9-12)13(17)16-10-14(5-6-14)7-8-15/h2-4,9H,5-8,10H2,1H3,(H,16,17). The second-order valence-corrected chi connectivity index (χ2v) is 5.23. The van der Waals surface area contributed by atoms with Gasteiger partial charge in [-0.2, -0.15) is 0 Å². The van der Waals surface area contributed by atoms with Crippen LogP contribution in [0.1, 0.15) is 29.6 Å². The van der Waals surface area contributed by atoms with Gasteiger partial charge in [0, 0.05) is 18.0 Å². The summed E-state index contributed by atoms with van der Waals surface area (Å²) in [6.07, 6.45) is 3.31. The van der Waals surface area contributed by atoms with Crippen LogP contribution in [0.25, 0.3) is 0 Å². The number of nitrogens with one attached hydrogen (secondary N) is 1. The van der Waals surface area contributed by atoms with Crippen molar-refractivity contribution in [2.75, 3.05) is 19.5 Å². The molecule has 1 aromatic rings. The summed E-state index contributed by atoms with van der Waals surface area (Å²) in [5, 5.41) is 2.98. The Morgan fingerprint density at radius 1 is 1.50 bits per heavy atom. The Balaban J connectivity index is 1.91. The summed E-state index contributed by atoms with van der Waals surface area (Å²) in [6.45, 7) is 0.718. The first-order valence-electron chi connectivity index (χ1n) is 6.17. The van der Waals surface area contributed by atoms with E-state index in [-0.39, 0.29) is 11.3 Å². The Kier molecular flexibility index (Phi) is 4.12. The number of halogens is 1. The molecule has 1 amide bonds. The molecule has 1 aliphatic rings. The van der Waals surface area contributed by atoms with Crippen LogP contribution in [-0.2, 0) is 0 Å². The Hall–Kier alpha value is -1.22. The van der Waals surface area contributed by atoms with E-state index in [9.17, 15) is 4.79 Å². The predicted molar refractivity (Wildman–Crippen MR) is 72.3 cm³/mol. The third kappa shape index (κ3) is 3.16. The highest BCUT2D eigenvalue weighted by Crippen LogP contribution is 2.48. The lowest BCUT2D eigenvalue weighted by molar-refractivity contribution is 0.0944. The van der Waals surface area contributed by atoms with Crippen LogP contribution >= 0.6 is 11.6 Å². The highest BCUT2D eigenvalue weighted by molar-refractivity contribution is 6.17. The number of hydrogen-bond acceptors (Lipinski definition) is 2. The average molecular weight is 268 g/mol. The average Bonchev–Trinajstić information content (AvgIpc) is 3.17. The minimum atomic E-state index is -0.0465. The van der Waals surface area contributed by atoms with E-state index < -0.39 is 0 Å². The molecule has 18 heavy (non-hydrogen) atoms. The number of carbonyl (C=O) groups excluding carboxylic acids is 1. The number of alkyl halides is 1. The molecule has 0 atom stereocenters. The van der Waals surface area contributed by atoms with Crippen molar-refractivity contribution >= 4 is 17.5 Å². The molecular weight excluding hydrogens is 250 g/mol. The molecule has 1 fully saturated rings. The van der Waals surface area contributed by atoms with Crippen LogP contribution in [0, 0.1) is 5.41 Å². The number of benzene rings is 1. The zero-order chi connectivity index (χ0) is 13.0. The molecule has 1 aromatic carbocycles. The van der Waals surface area contributed by atoms with Crippen molar-refractivity contribution in [2.45, 2.75) is 19.3 Å². The minimum Gasteiger partial charge on any atom is -0.497 e. The van der Waals surface area contributed by atoms with Gasteiger partial charge >= 0.3 is 0 Å². The smallest absolute Gasteiger partial charge is 0.251 e. The molecule has 0 bridgehead atoms. The Morgan fingerprint density at radius 2 is 2.28 bits per heavy atom. The normalized spacial score (nSPS) is 16.1. The van der Waals surface area contributed by atoms with Gasteiger partial charge in [0.2, 0.25) is 0 Å². The van der Waals surface area contributed by atoms with Gasteiger partial charge in [0.15, 0.2) is 0 Å². The fourth-order valence-corrected chi connectivity index (χ4v) is 2.43. The first-order valence-corrected chi connectivity index (χ1v) is 6.71. The molecule has 1 saturated carbocycles. The number of ether oxygens (including phenoxy) is 1. The number of rotatable bonds is 6. The van der Waals surface area contributed by atoms with Crippen molar-refractivity contribution in [2.24, 2.45) is 5.41 Å². The molecule has 1 aliphatic carbocycles. The van der Waals surface area contributed by atoms with Crippen LogP contribution in [0.4, 0.5) is 0 Å². The second kappa shape index (κ2) is 5.61. The Labute approximate surface area is 112 Å². The van der Waals surface area contributed by atoms with Crippen LogP contribution in [0.3, 0.4) is 0 Å². The van der Waals surface area contributed by atoms with E-state index >= 15 is 0 Å². The number of hydrogen-bond donors (Lipinski definition) is 1. The van der Waals surface area contributed by atoms with Crippen LogP contribution in [0.2, 0.25) is 0 Å². The summed E-state index contributed by atoms with van der Waals surface area (Å²) in [7, 11) is 1.59. The first kappa shape index (κ1) is 13.2. The topological polar surface area (TPSA) is 38.3 Å². The first-order chi connectivity index (χ1) is 8.69. The largest absolute Gasteiger partial charge is 0.497 e. The lowest BCUT2D eigenvalue weighted by Gasteiger charge is -2.14. The number of methoxy groups -OCH3 is 1. The highest BCUT2D eigenvalue weighted by atomic mass is 35.5. The van der Waals surface area contributed by atoms with Gasteiger partial charge in [0.05, 0.1) is 7.11 Å². The van der Waals surface area contributed by atoms with E-state index in [0.717, 1.165) is 25.8 Å². The molecule has 0 aliphatic heterocycles. The molecule has 4 heteroatoms. The van der Waals surface area contributed by atoms with Gasteiger partial charge in [-0.25, -0.2) is 0 Å². The van der Waals surface area contributed by atoms with Crippen molar-refractivity contribution in [3.63, 3.8) is 0 Å². The Bertz CT molecular complexity index is 430. The zero-order valence-corrected chi connectivity index (χ0v) is 11.3. The van der Waals surface area contributed by atoms with Crippen molar-refractivity contribution in [3.8, 4) is 5.75 Å². The summed E-state index contributed by atoms with van der Waals surface area (Å²) in [5.41, 5.74) is 0.895. The fraction of sp³-hybridized carbons (Fsp3) is 0.500. The van der Waals surface area contributed by atoms with Gasteiger partial charge in [0.25, 0.3) is 5.91 Å². The van der Waals surface area contributed by atoms with Gasteiger partial charge < -0.3 is 10.1 Å². The molecule has 0 spiro atoms. The number of amides is 1. The second-order valence-electron chi connectivity index (χ2n) is 4.85. The third-order valence-corrected chi connectivity index (χ3v) is 3.73. The lowest BCUT2D eigenvalue weighted by Crippen LogP contribution is -2.30. The van der Waals surface area contributed by atoms with Crippen LogP contribution in [0.5, 0.6) is 5.75 Å². The predicted octanol–water partition coefficient (Wildman–Crippen LogP) is 2.83. The third-order valence-electron chi connectivity index (χ3n) is 3.54. The highest BCUT2D eigenvalue weighted by Gasteiger charge is 2.41. The van der Waals surface area contributed by atoms with E-state index in [1.807, 2.05) is 12.1 Å². The van der Waals surface area contributed by atoms with Crippen molar-refractivity contribution in [1.82, 2.24) is 5.32 Å². The van der Waals surface area contributed by atoms with Gasteiger partial charge in [-0.15, -0.1) is 11.6 Å². The minimum absolute atomic E-state index is 0.0465. The van der Waals surface area contributed by atoms with E-state index in [2.05, 4.69) is 5.32 Å². The molecular formula is C14H18ClNO2. The zero-order valence-electron chi connectivity index (χ0n) is 10.5. The van der Waals surface area contributed by atoms with Crippen molar-refractivity contribution in [3.05, 3.63) is 29.8 Å². The van der Waals surface area contributed by atoms with Crippen LogP contribution < -0.4 is 10.1 Å². The van der Waals surface area contributed by atoms with Gasteiger partial charge in [-0.05, 0) is 42.9 Å². The molecule has 2 rings (SSSR count). The van der Waals surface area contributed by atoms with E-state index in [4.69, 9.17) is 16.3 Å². The lowest BCUT2D eigenvalue weighted by atomic mass is 10.0. The van der Waals surface area contributed by atoms with Gasteiger partial charge in [0.1, 0.15) is 5.75 Å². The van der Waals surface area contributed by atoms with E-state index in [1.54, 1.807) is 19.2 Å². The summed E-state index contributed by atoms with van der Waals surface area (Å²) < 4.78 is 5.10. The molecule has 0 saturated heterocycles. The molecule has 0 radical (unpaired) electrons. The number of carbonyl (C=O) groups is 1. The maximum atomic E-state index is 12.0. The maximum absolute atomic E-state index is 12.0. The molecule has 0 unspecified atom stereocenters. The molecule has 98 valence electrons. The quantitative estimate of drug-likeness (QED) is 0.805. The maximum Gasteiger partial charge on any atom is 0.251 e. The van der Waals surface area contributed by atoms with Gasteiger partial charge in [-0.3, -0.25) is 4.79 Å². The van der Waals surface area contributed by atoms with Crippen LogP contribution in [0.15, 0.2) is 24.3 Å². The van der Waals surface area contributed by atoms with Crippen molar-refractivity contribution in [1.29, 1.82) is 0 Å². The fourth-order valence-electron chi connectivity index (χ4n) is 2.03. The monoisotopic (exact) mass is 267 g/mol. The molecule has 1 N–H and O–H groups in total.